The Bertz CT molecular complexity index is 2030. The lowest BCUT2D eigenvalue weighted by Crippen LogP contribution is -2.34. The van der Waals surface area contributed by atoms with Gasteiger partial charge in [0.25, 0.3) is 0 Å². The van der Waals surface area contributed by atoms with E-state index >= 15 is 0 Å². The summed E-state index contributed by atoms with van der Waals surface area (Å²) in [6.45, 7) is 1.93. The molecule has 50 heavy (non-hydrogen) atoms. The first kappa shape index (κ1) is 33.6. The Morgan fingerprint density at radius 1 is 0.840 bits per heavy atom. The third-order valence-corrected chi connectivity index (χ3v) is 10.1. The largest absolute Gasteiger partial charge is 0.507 e. The van der Waals surface area contributed by atoms with Crippen molar-refractivity contribution in [2.45, 2.75) is 44.6 Å². The second-order valence-corrected chi connectivity index (χ2v) is 13.1. The highest BCUT2D eigenvalue weighted by molar-refractivity contribution is 6.22. The number of carbonyl (C=O) groups is 2. The van der Waals surface area contributed by atoms with Crippen molar-refractivity contribution in [2.24, 2.45) is 17.8 Å². The molecule has 4 aromatic carbocycles. The Hall–Kier alpha value is -4.90. The average molecular weight is 692 g/mol. The lowest BCUT2D eigenvalue weighted by atomic mass is 9.70. The van der Waals surface area contributed by atoms with E-state index in [1.165, 1.54) is 0 Å². The van der Waals surface area contributed by atoms with Gasteiger partial charge in [-0.15, -0.1) is 0 Å². The molecule has 0 aromatic heterocycles. The van der Waals surface area contributed by atoms with E-state index in [2.05, 4.69) is 6.08 Å². The molecule has 4 aromatic rings. The van der Waals surface area contributed by atoms with Crippen molar-refractivity contribution in [2.75, 3.05) is 11.5 Å². The second-order valence-electron chi connectivity index (χ2n) is 13.1. The van der Waals surface area contributed by atoms with Crippen LogP contribution in [0.5, 0.6) is 5.75 Å². The van der Waals surface area contributed by atoms with Crippen LogP contribution in [0.2, 0.25) is 0 Å². The summed E-state index contributed by atoms with van der Waals surface area (Å²) in [5.41, 5.74) is 0.652. The van der Waals surface area contributed by atoms with Gasteiger partial charge >= 0.3 is 12.4 Å². The van der Waals surface area contributed by atoms with Crippen LogP contribution in [0.25, 0.3) is 22.4 Å². The molecular weight excluding hydrogens is 660 g/mol. The zero-order valence-corrected chi connectivity index (χ0v) is 26.7. The molecule has 0 spiro atoms. The van der Waals surface area contributed by atoms with Crippen LogP contribution in [0.4, 0.5) is 32.0 Å². The first-order valence-electron chi connectivity index (χ1n) is 16.2. The monoisotopic (exact) mass is 691 g/mol. The standard InChI is InChI=1S/C39H31F6NO4/c1-21-15-30-35(37(49)46(36(30)48)27-18-25(38(40,41)42)17-26(19-27)39(43,44)45)31-20-50-33(34(21)31)14-12-23(22-7-3-2-4-8-22)16-24-11-13-32(47)29-10-6-5-9-28(24)29/h2-11,13,16-19,30-31,33,35,47H,12,14-15,20H2,1H3/b23-16-/t30-,31+,33-,35-/m1/s1. The zero-order chi connectivity index (χ0) is 35.5. The molecule has 5 nitrogen and oxygen atoms in total. The molecular formula is C39H31F6NO4. The molecule has 2 heterocycles. The summed E-state index contributed by atoms with van der Waals surface area (Å²) < 4.78 is 88.1. The quantitative estimate of drug-likeness (QED) is 0.0947. The Labute approximate surface area is 283 Å². The van der Waals surface area contributed by atoms with Crippen molar-refractivity contribution in [3.63, 3.8) is 0 Å². The topological polar surface area (TPSA) is 66.8 Å². The summed E-state index contributed by atoms with van der Waals surface area (Å²) in [6.07, 6.45) is -7.38. The summed E-state index contributed by atoms with van der Waals surface area (Å²) in [5, 5.41) is 12.0. The fourth-order valence-corrected chi connectivity index (χ4v) is 7.81. The van der Waals surface area contributed by atoms with Crippen LogP contribution >= 0.6 is 0 Å². The third kappa shape index (κ3) is 5.97. The molecule has 1 N–H and O–H groups in total. The van der Waals surface area contributed by atoms with Crippen LogP contribution in [0.15, 0.2) is 96.1 Å². The number of alkyl halides is 6. The molecule has 4 atom stereocenters. The highest BCUT2D eigenvalue weighted by atomic mass is 19.4. The molecule has 0 unspecified atom stereocenters. The molecule has 0 radical (unpaired) electrons. The normalized spacial score (nSPS) is 22.8. The van der Waals surface area contributed by atoms with Crippen molar-refractivity contribution >= 4 is 39.9 Å². The van der Waals surface area contributed by atoms with Gasteiger partial charge in [0.05, 0.1) is 41.4 Å². The van der Waals surface area contributed by atoms with Gasteiger partial charge in [0.15, 0.2) is 0 Å². The minimum Gasteiger partial charge on any atom is -0.507 e. The smallest absolute Gasteiger partial charge is 0.416 e. The van der Waals surface area contributed by atoms with E-state index in [1.807, 2.05) is 67.6 Å². The summed E-state index contributed by atoms with van der Waals surface area (Å²) in [7, 11) is 0. The van der Waals surface area contributed by atoms with E-state index < -0.39 is 64.8 Å². The number of anilines is 1. The minimum absolute atomic E-state index is 0.0247. The van der Waals surface area contributed by atoms with Crippen molar-refractivity contribution in [3.8, 4) is 5.75 Å². The molecule has 0 bridgehead atoms. The number of ether oxygens (including phenoxy) is 1. The lowest BCUT2D eigenvalue weighted by molar-refractivity contribution is -0.143. The van der Waals surface area contributed by atoms with E-state index in [4.69, 9.17) is 4.74 Å². The number of halogens is 6. The van der Waals surface area contributed by atoms with Crippen LogP contribution in [0.1, 0.15) is 48.4 Å². The number of benzene rings is 4. The predicted octanol–water partition coefficient (Wildman–Crippen LogP) is 9.44. The van der Waals surface area contributed by atoms with Gasteiger partial charge in [-0.3, -0.25) is 9.59 Å². The van der Waals surface area contributed by atoms with Gasteiger partial charge in [-0.05, 0) is 78.1 Å². The van der Waals surface area contributed by atoms with Crippen molar-refractivity contribution in [1.82, 2.24) is 0 Å². The molecule has 3 aliphatic rings. The molecule has 258 valence electrons. The van der Waals surface area contributed by atoms with E-state index in [1.54, 1.807) is 6.07 Å². The van der Waals surface area contributed by atoms with Gasteiger partial charge in [-0.1, -0.05) is 72.3 Å². The van der Waals surface area contributed by atoms with Crippen LogP contribution in [0, 0.1) is 17.8 Å². The SMILES string of the molecule is CC1=C2[C@@H](CC/C(=C/c3ccc(O)c4ccccc34)c3ccccc3)OC[C@@H]2[C@@H]2C(=O)N(c3cc(C(F)(F)F)cc(C(F)(F)F)c3)C(=O)[C@@H]2C1. The van der Waals surface area contributed by atoms with E-state index in [-0.39, 0.29) is 24.8 Å². The number of imide groups is 1. The Morgan fingerprint density at radius 2 is 1.48 bits per heavy atom. The predicted molar refractivity (Wildman–Crippen MR) is 176 cm³/mol. The maximum absolute atomic E-state index is 13.9. The molecule has 2 amide bonds. The molecule has 2 fully saturated rings. The zero-order valence-electron chi connectivity index (χ0n) is 26.7. The summed E-state index contributed by atoms with van der Waals surface area (Å²) in [5.74, 6) is -3.90. The lowest BCUT2D eigenvalue weighted by Gasteiger charge is -2.30. The number of aromatic hydroxyl groups is 1. The van der Waals surface area contributed by atoms with E-state index in [0.29, 0.717) is 29.9 Å². The summed E-state index contributed by atoms with van der Waals surface area (Å²) >= 11 is 0. The number of amides is 2. The number of hydrogen-bond donors (Lipinski definition) is 1. The maximum atomic E-state index is 13.9. The summed E-state index contributed by atoms with van der Waals surface area (Å²) in [6, 6.07) is 21.7. The minimum atomic E-state index is -5.13. The van der Waals surface area contributed by atoms with Crippen molar-refractivity contribution < 1.29 is 45.8 Å². The van der Waals surface area contributed by atoms with Crippen molar-refractivity contribution in [3.05, 3.63) is 118 Å². The molecule has 2 aliphatic heterocycles. The number of hydrogen-bond acceptors (Lipinski definition) is 4. The third-order valence-electron chi connectivity index (χ3n) is 10.1. The number of nitrogens with zero attached hydrogens (tertiary/aromatic N) is 1. The summed E-state index contributed by atoms with van der Waals surface area (Å²) in [4.78, 5) is 28.0. The maximum Gasteiger partial charge on any atom is 0.416 e. The fraction of sp³-hybridized carbons (Fsp3) is 0.282. The highest BCUT2D eigenvalue weighted by Crippen LogP contribution is 2.51. The average Bonchev–Trinajstić information content (AvgIpc) is 3.61. The molecule has 0 saturated carbocycles. The molecule has 11 heteroatoms. The van der Waals surface area contributed by atoms with Gasteiger partial charge in [-0.25, -0.2) is 4.90 Å². The van der Waals surface area contributed by atoms with E-state index in [0.717, 1.165) is 38.6 Å². The molecule has 7 rings (SSSR count). The molecule has 1 aliphatic carbocycles. The number of rotatable bonds is 6. The van der Waals surface area contributed by atoms with Gasteiger partial charge < -0.3 is 9.84 Å². The number of carbonyl (C=O) groups excluding carboxylic acids is 2. The second kappa shape index (κ2) is 12.5. The van der Waals surface area contributed by atoms with E-state index in [9.17, 15) is 41.0 Å². The van der Waals surface area contributed by atoms with Crippen molar-refractivity contribution in [1.29, 1.82) is 0 Å². The van der Waals surface area contributed by atoms with Gasteiger partial charge in [0.1, 0.15) is 5.75 Å². The first-order chi connectivity index (χ1) is 23.7. The van der Waals surface area contributed by atoms with Gasteiger partial charge in [0.2, 0.25) is 11.8 Å². The van der Waals surface area contributed by atoms with Crippen LogP contribution < -0.4 is 4.90 Å². The Morgan fingerprint density at radius 3 is 2.14 bits per heavy atom. The number of fused-ring (bicyclic) bond motifs is 4. The number of allylic oxidation sites excluding steroid dienone is 2. The van der Waals surface area contributed by atoms with Crippen LogP contribution in [-0.4, -0.2) is 29.6 Å². The fourth-order valence-electron chi connectivity index (χ4n) is 7.81. The Balaban J connectivity index is 1.17. The molecule has 2 saturated heterocycles. The number of phenols is 1. The highest BCUT2D eigenvalue weighted by Gasteiger charge is 2.57. The van der Waals surface area contributed by atoms with Gasteiger partial charge in [0, 0.05) is 11.3 Å². The Kier molecular flexibility index (Phi) is 8.37. The number of phenolic OH excluding ortho intramolecular Hbond substituents is 1. The van der Waals surface area contributed by atoms with Gasteiger partial charge in [-0.2, -0.15) is 26.3 Å². The van der Waals surface area contributed by atoms with Crippen LogP contribution in [0.3, 0.4) is 0 Å². The van der Waals surface area contributed by atoms with Crippen LogP contribution in [-0.2, 0) is 26.7 Å². The first-order valence-corrected chi connectivity index (χ1v) is 16.2.